The highest BCUT2D eigenvalue weighted by Crippen LogP contribution is 2.29. The zero-order valence-corrected chi connectivity index (χ0v) is 16.9. The van der Waals surface area contributed by atoms with Gasteiger partial charge in [-0.3, -0.25) is 10.1 Å². The molecule has 0 atom stereocenters. The highest BCUT2D eigenvalue weighted by atomic mass is 35.5. The van der Waals surface area contributed by atoms with Crippen LogP contribution in [0, 0.1) is 10.1 Å². The van der Waals surface area contributed by atoms with Crippen LogP contribution in [-0.2, 0) is 20.0 Å². The van der Waals surface area contributed by atoms with Gasteiger partial charge in [0.1, 0.15) is 4.21 Å². The molecule has 1 aromatic heterocycles. The SMILES string of the molecule is O=[N+]([O-])c1cccc(S(=O)(=O)N2CCN(S(=O)(=O)c3ccc(Cl)s3)CC2)c1. The molecule has 146 valence electrons. The van der Waals surface area contributed by atoms with E-state index in [2.05, 4.69) is 0 Å². The first-order chi connectivity index (χ1) is 12.6. The van der Waals surface area contributed by atoms with E-state index in [4.69, 9.17) is 11.6 Å². The Balaban J connectivity index is 1.77. The van der Waals surface area contributed by atoms with Crippen molar-refractivity contribution >= 4 is 48.7 Å². The monoisotopic (exact) mass is 451 g/mol. The van der Waals surface area contributed by atoms with Gasteiger partial charge in [-0.25, -0.2) is 16.8 Å². The van der Waals surface area contributed by atoms with Gasteiger partial charge in [0, 0.05) is 38.3 Å². The second kappa shape index (κ2) is 7.45. The van der Waals surface area contributed by atoms with E-state index in [0.29, 0.717) is 4.34 Å². The van der Waals surface area contributed by atoms with E-state index in [1.165, 1.54) is 34.6 Å². The summed E-state index contributed by atoms with van der Waals surface area (Å²) in [5.41, 5.74) is -0.327. The summed E-state index contributed by atoms with van der Waals surface area (Å²) in [7, 11) is -7.69. The van der Waals surface area contributed by atoms with Crippen LogP contribution in [0.3, 0.4) is 0 Å². The van der Waals surface area contributed by atoms with Gasteiger partial charge in [0.05, 0.1) is 14.2 Å². The van der Waals surface area contributed by atoms with Gasteiger partial charge in [-0.15, -0.1) is 11.3 Å². The third-order valence-electron chi connectivity index (χ3n) is 4.01. The molecule has 0 bridgehead atoms. The van der Waals surface area contributed by atoms with Crippen LogP contribution in [-0.4, -0.2) is 56.5 Å². The lowest BCUT2D eigenvalue weighted by Crippen LogP contribution is -2.50. The first-order valence-electron chi connectivity index (χ1n) is 7.62. The molecule has 1 fully saturated rings. The quantitative estimate of drug-likeness (QED) is 0.506. The smallest absolute Gasteiger partial charge is 0.258 e. The maximum absolute atomic E-state index is 12.7. The maximum atomic E-state index is 12.7. The average molecular weight is 452 g/mol. The summed E-state index contributed by atoms with van der Waals surface area (Å²) in [5.74, 6) is 0. The van der Waals surface area contributed by atoms with E-state index >= 15 is 0 Å². The van der Waals surface area contributed by atoms with Crippen molar-refractivity contribution in [3.63, 3.8) is 0 Å². The number of nitro groups is 1. The third-order valence-corrected chi connectivity index (χ3v) is 9.50. The summed E-state index contributed by atoms with van der Waals surface area (Å²) in [5, 5.41) is 10.9. The number of non-ortho nitro benzene ring substituents is 1. The van der Waals surface area contributed by atoms with Crippen LogP contribution in [0.4, 0.5) is 5.69 Å². The second-order valence-corrected chi connectivity index (χ2v) is 11.4. The number of rotatable bonds is 5. The Labute approximate surface area is 165 Å². The van der Waals surface area contributed by atoms with E-state index < -0.39 is 25.0 Å². The predicted octanol–water partition coefficient (Wildman–Crippen LogP) is 2.00. The van der Waals surface area contributed by atoms with Crippen LogP contribution >= 0.6 is 22.9 Å². The molecule has 9 nitrogen and oxygen atoms in total. The van der Waals surface area contributed by atoms with Gasteiger partial charge in [0.15, 0.2) is 0 Å². The number of nitrogens with zero attached hydrogens (tertiary/aromatic N) is 3. The molecule has 1 saturated heterocycles. The molecule has 0 unspecified atom stereocenters. The molecule has 27 heavy (non-hydrogen) atoms. The molecule has 0 radical (unpaired) electrons. The fourth-order valence-electron chi connectivity index (χ4n) is 2.62. The van der Waals surface area contributed by atoms with Crippen LogP contribution in [0.25, 0.3) is 0 Å². The zero-order chi connectivity index (χ0) is 19.8. The molecule has 2 aromatic rings. The topological polar surface area (TPSA) is 118 Å². The number of piperazine rings is 1. The highest BCUT2D eigenvalue weighted by molar-refractivity contribution is 7.91. The predicted molar refractivity (Wildman–Crippen MR) is 99.9 cm³/mol. The maximum Gasteiger partial charge on any atom is 0.270 e. The number of thiophene rings is 1. The van der Waals surface area contributed by atoms with Crippen molar-refractivity contribution in [1.29, 1.82) is 0 Å². The number of halogens is 1. The summed E-state index contributed by atoms with van der Waals surface area (Å²) >= 11 is 6.73. The normalized spacial score (nSPS) is 17.1. The van der Waals surface area contributed by atoms with Crippen molar-refractivity contribution in [3.8, 4) is 0 Å². The molecular weight excluding hydrogens is 438 g/mol. The van der Waals surface area contributed by atoms with Crippen LogP contribution < -0.4 is 0 Å². The zero-order valence-electron chi connectivity index (χ0n) is 13.7. The Morgan fingerprint density at radius 1 is 0.963 bits per heavy atom. The van der Waals surface area contributed by atoms with Gasteiger partial charge < -0.3 is 0 Å². The van der Waals surface area contributed by atoms with Gasteiger partial charge in [-0.05, 0) is 18.2 Å². The van der Waals surface area contributed by atoms with Gasteiger partial charge in [-0.2, -0.15) is 8.61 Å². The molecule has 3 rings (SSSR count). The van der Waals surface area contributed by atoms with E-state index in [1.807, 2.05) is 0 Å². The Morgan fingerprint density at radius 3 is 2.07 bits per heavy atom. The average Bonchev–Trinajstić information content (AvgIpc) is 3.09. The summed E-state index contributed by atoms with van der Waals surface area (Å²) in [4.78, 5) is 9.99. The van der Waals surface area contributed by atoms with Gasteiger partial charge >= 0.3 is 0 Å². The first-order valence-corrected chi connectivity index (χ1v) is 11.7. The molecule has 0 spiro atoms. The van der Waals surface area contributed by atoms with Crippen LogP contribution in [0.1, 0.15) is 0 Å². The van der Waals surface area contributed by atoms with Crippen molar-refractivity contribution in [1.82, 2.24) is 8.61 Å². The minimum Gasteiger partial charge on any atom is -0.258 e. The fourth-order valence-corrected chi connectivity index (χ4v) is 7.14. The van der Waals surface area contributed by atoms with Crippen LogP contribution in [0.5, 0.6) is 0 Å². The summed E-state index contributed by atoms with van der Waals surface area (Å²) in [6.07, 6.45) is 0. The van der Waals surface area contributed by atoms with Crippen molar-refractivity contribution < 1.29 is 21.8 Å². The van der Waals surface area contributed by atoms with Crippen molar-refractivity contribution in [3.05, 3.63) is 50.8 Å². The van der Waals surface area contributed by atoms with E-state index in [9.17, 15) is 26.9 Å². The molecular formula is C14H14ClN3O6S3. The molecule has 1 aliphatic heterocycles. The fraction of sp³-hybridized carbons (Fsp3) is 0.286. The van der Waals surface area contributed by atoms with Gasteiger partial charge in [0.2, 0.25) is 10.0 Å². The molecule has 2 heterocycles. The van der Waals surface area contributed by atoms with E-state index in [1.54, 1.807) is 0 Å². The largest absolute Gasteiger partial charge is 0.270 e. The second-order valence-electron chi connectivity index (χ2n) is 5.62. The highest BCUT2D eigenvalue weighted by Gasteiger charge is 2.34. The van der Waals surface area contributed by atoms with Gasteiger partial charge in [0.25, 0.3) is 15.7 Å². The first kappa shape index (κ1) is 20.2. The number of hydrogen-bond donors (Lipinski definition) is 0. The number of hydrogen-bond acceptors (Lipinski definition) is 7. The number of benzene rings is 1. The standard InChI is InChI=1S/C14H14ClN3O6S3/c15-13-4-5-14(25-13)27(23,24)17-8-6-16(7-9-17)26(21,22)12-3-1-2-11(10-12)18(19)20/h1-5,10H,6-9H2. The lowest BCUT2D eigenvalue weighted by molar-refractivity contribution is -0.385. The molecule has 1 aliphatic rings. The number of sulfonamides is 2. The third kappa shape index (κ3) is 4.00. The Morgan fingerprint density at radius 2 is 1.56 bits per heavy atom. The van der Waals surface area contributed by atoms with E-state index in [-0.39, 0.29) is 41.0 Å². The van der Waals surface area contributed by atoms with E-state index in [0.717, 1.165) is 21.7 Å². The Kier molecular flexibility index (Phi) is 5.57. The minimum atomic E-state index is -3.96. The minimum absolute atomic E-state index is 0.0218. The van der Waals surface area contributed by atoms with Crippen molar-refractivity contribution in [2.24, 2.45) is 0 Å². The van der Waals surface area contributed by atoms with Crippen molar-refractivity contribution in [2.75, 3.05) is 26.2 Å². The summed E-state index contributed by atoms with van der Waals surface area (Å²) in [6, 6.07) is 7.67. The lowest BCUT2D eigenvalue weighted by atomic mass is 10.3. The molecule has 1 aromatic carbocycles. The van der Waals surface area contributed by atoms with Crippen LogP contribution in [0.15, 0.2) is 45.5 Å². The Hall–Kier alpha value is -1.57. The molecule has 0 amide bonds. The molecule has 0 N–H and O–H groups in total. The van der Waals surface area contributed by atoms with Crippen LogP contribution in [0.2, 0.25) is 4.34 Å². The lowest BCUT2D eigenvalue weighted by Gasteiger charge is -2.32. The number of nitro benzene ring substituents is 1. The summed E-state index contributed by atoms with van der Waals surface area (Å²) < 4.78 is 53.4. The van der Waals surface area contributed by atoms with Gasteiger partial charge in [-0.1, -0.05) is 17.7 Å². The molecule has 13 heteroatoms. The Bertz CT molecular complexity index is 1080. The summed E-state index contributed by atoms with van der Waals surface area (Å²) in [6.45, 7) is -0.148. The molecule has 0 saturated carbocycles. The molecule has 0 aliphatic carbocycles. The van der Waals surface area contributed by atoms with Crippen molar-refractivity contribution in [2.45, 2.75) is 9.10 Å².